The van der Waals surface area contributed by atoms with E-state index >= 15 is 0 Å². The molecule has 156 valence electrons. The first-order chi connectivity index (χ1) is 13.3. The third-order valence-electron chi connectivity index (χ3n) is 6.15. The van der Waals surface area contributed by atoms with Gasteiger partial charge in [0.05, 0.1) is 31.7 Å². The number of alkyl halides is 3. The van der Waals surface area contributed by atoms with Crippen molar-refractivity contribution in [1.82, 2.24) is 5.32 Å². The van der Waals surface area contributed by atoms with Gasteiger partial charge in [0.25, 0.3) is 5.91 Å². The van der Waals surface area contributed by atoms with Gasteiger partial charge >= 0.3 is 6.18 Å². The molecule has 3 rings (SSSR count). The second-order valence-electron chi connectivity index (χ2n) is 8.11. The second kappa shape index (κ2) is 9.16. The minimum Gasteiger partial charge on any atom is -0.360 e. The molecule has 0 spiro atoms. The Morgan fingerprint density at radius 2 is 1.79 bits per heavy atom. The minimum absolute atomic E-state index is 0.106. The van der Waals surface area contributed by atoms with Crippen LogP contribution in [0.4, 0.5) is 18.9 Å². The third kappa shape index (κ3) is 5.40. The van der Waals surface area contributed by atoms with Crippen LogP contribution in [0.3, 0.4) is 0 Å². The minimum atomic E-state index is -4.33. The van der Waals surface area contributed by atoms with Crippen molar-refractivity contribution in [1.29, 1.82) is 0 Å². The predicted molar refractivity (Wildman–Crippen MR) is 103 cm³/mol. The van der Waals surface area contributed by atoms with Crippen molar-refractivity contribution in [3.05, 3.63) is 29.8 Å². The van der Waals surface area contributed by atoms with E-state index in [1.807, 2.05) is 11.8 Å². The van der Waals surface area contributed by atoms with Crippen LogP contribution in [-0.2, 0) is 11.0 Å². The van der Waals surface area contributed by atoms with Gasteiger partial charge in [0.2, 0.25) is 0 Å². The lowest BCUT2D eigenvalue weighted by molar-refractivity contribution is -0.914. The highest BCUT2D eigenvalue weighted by Gasteiger charge is 2.33. The third-order valence-corrected chi connectivity index (χ3v) is 6.15. The van der Waals surface area contributed by atoms with Crippen LogP contribution in [0.5, 0.6) is 0 Å². The molecule has 1 aromatic carbocycles. The molecule has 0 aromatic heterocycles. The van der Waals surface area contributed by atoms with E-state index < -0.39 is 11.7 Å². The highest BCUT2D eigenvalue weighted by molar-refractivity contribution is 5.80. The normalized spacial score (nSPS) is 21.2. The summed E-state index contributed by atoms with van der Waals surface area (Å²) < 4.78 is 38.8. The SMILES string of the molecule is C[C@H](C(=O)NC1CCCCCC1)[NH+]1CCN(c2cccc(C(F)(F)F)c2)CC1. The first kappa shape index (κ1) is 21.0. The van der Waals surface area contributed by atoms with Gasteiger partial charge in [-0.2, -0.15) is 13.2 Å². The zero-order chi connectivity index (χ0) is 20.1. The fourth-order valence-electron chi connectivity index (χ4n) is 4.30. The summed E-state index contributed by atoms with van der Waals surface area (Å²) >= 11 is 0. The maximum atomic E-state index is 12.9. The summed E-state index contributed by atoms with van der Waals surface area (Å²) in [6.45, 7) is 4.75. The molecule has 1 saturated heterocycles. The summed E-state index contributed by atoms with van der Waals surface area (Å²) in [6.07, 6.45) is 2.68. The van der Waals surface area contributed by atoms with Gasteiger partial charge in [-0.05, 0) is 38.0 Å². The van der Waals surface area contributed by atoms with Gasteiger partial charge in [-0.1, -0.05) is 31.7 Å². The molecule has 1 aliphatic carbocycles. The lowest BCUT2D eigenvalue weighted by atomic mass is 10.1. The fourth-order valence-corrected chi connectivity index (χ4v) is 4.30. The molecule has 0 radical (unpaired) electrons. The first-order valence-electron chi connectivity index (χ1n) is 10.4. The fraction of sp³-hybridized carbons (Fsp3) is 0.667. The van der Waals surface area contributed by atoms with Crippen LogP contribution in [0.1, 0.15) is 51.0 Å². The zero-order valence-electron chi connectivity index (χ0n) is 16.5. The molecular formula is C21H31F3N3O+. The van der Waals surface area contributed by atoms with E-state index in [1.54, 1.807) is 6.07 Å². The topological polar surface area (TPSA) is 36.8 Å². The number of amides is 1. The average molecular weight is 398 g/mol. The Labute approximate surface area is 165 Å². The predicted octanol–water partition coefficient (Wildman–Crippen LogP) is 2.64. The molecule has 1 saturated carbocycles. The maximum Gasteiger partial charge on any atom is 0.416 e. The molecule has 0 unspecified atom stereocenters. The molecular weight excluding hydrogens is 367 g/mol. The maximum absolute atomic E-state index is 12.9. The molecule has 1 amide bonds. The Bertz CT molecular complexity index is 649. The summed E-state index contributed by atoms with van der Waals surface area (Å²) in [5, 5.41) is 3.22. The van der Waals surface area contributed by atoms with Gasteiger partial charge in [0, 0.05) is 11.7 Å². The van der Waals surface area contributed by atoms with E-state index in [0.29, 0.717) is 24.8 Å². The first-order valence-corrected chi connectivity index (χ1v) is 10.4. The van der Waals surface area contributed by atoms with Crippen LogP contribution < -0.4 is 15.1 Å². The van der Waals surface area contributed by atoms with E-state index in [2.05, 4.69) is 5.32 Å². The molecule has 4 nitrogen and oxygen atoms in total. The van der Waals surface area contributed by atoms with Crippen molar-refractivity contribution in [2.24, 2.45) is 0 Å². The molecule has 1 atom stereocenters. The van der Waals surface area contributed by atoms with Crippen molar-refractivity contribution in [2.45, 2.75) is 63.7 Å². The quantitative estimate of drug-likeness (QED) is 0.765. The lowest BCUT2D eigenvalue weighted by Crippen LogP contribution is -3.19. The van der Waals surface area contributed by atoms with Gasteiger partial charge in [0.15, 0.2) is 6.04 Å². The number of piperazine rings is 1. The van der Waals surface area contributed by atoms with E-state index in [1.165, 1.54) is 42.7 Å². The van der Waals surface area contributed by atoms with Gasteiger partial charge in [-0.25, -0.2) is 0 Å². The smallest absolute Gasteiger partial charge is 0.360 e. The monoisotopic (exact) mass is 398 g/mol. The number of anilines is 1. The number of halogens is 3. The van der Waals surface area contributed by atoms with E-state index in [-0.39, 0.29) is 11.9 Å². The molecule has 0 bridgehead atoms. The van der Waals surface area contributed by atoms with Crippen molar-refractivity contribution in [2.75, 3.05) is 31.1 Å². The van der Waals surface area contributed by atoms with Crippen LogP contribution >= 0.6 is 0 Å². The van der Waals surface area contributed by atoms with Gasteiger partial charge in [-0.3, -0.25) is 4.79 Å². The molecule has 2 aliphatic rings. The molecule has 7 heteroatoms. The Kier molecular flexibility index (Phi) is 6.86. The summed E-state index contributed by atoms with van der Waals surface area (Å²) in [5.41, 5.74) is -0.0136. The Morgan fingerprint density at radius 1 is 1.14 bits per heavy atom. The number of quaternary nitrogens is 1. The molecule has 28 heavy (non-hydrogen) atoms. The molecule has 2 N–H and O–H groups in total. The molecule has 1 heterocycles. The second-order valence-corrected chi connectivity index (χ2v) is 8.11. The molecule has 1 aliphatic heterocycles. The van der Waals surface area contributed by atoms with Gasteiger partial charge in [0.1, 0.15) is 0 Å². The van der Waals surface area contributed by atoms with E-state index in [4.69, 9.17) is 0 Å². The number of nitrogens with zero attached hydrogens (tertiary/aromatic N) is 1. The van der Waals surface area contributed by atoms with E-state index in [9.17, 15) is 18.0 Å². The summed E-state index contributed by atoms with van der Waals surface area (Å²) in [5.74, 6) is 0.106. The number of hydrogen-bond donors (Lipinski definition) is 2. The average Bonchev–Trinajstić information content (AvgIpc) is 2.95. The lowest BCUT2D eigenvalue weighted by Gasteiger charge is -2.36. The highest BCUT2D eigenvalue weighted by atomic mass is 19.4. The standard InChI is InChI=1S/C21H30F3N3O/c1-16(20(28)25-18-8-4-2-3-5-9-18)26-11-13-27(14-12-26)19-10-6-7-17(15-19)21(22,23)24/h6-7,10,15-16,18H,2-5,8-9,11-14H2,1H3,(H,25,28)/p+1/t16-/m1/s1. The van der Waals surface area contributed by atoms with Crippen molar-refractivity contribution < 1.29 is 22.9 Å². The summed E-state index contributed by atoms with van der Waals surface area (Å²) in [6, 6.07) is 5.66. The highest BCUT2D eigenvalue weighted by Crippen LogP contribution is 2.31. The van der Waals surface area contributed by atoms with Crippen LogP contribution in [0.25, 0.3) is 0 Å². The molecule has 2 fully saturated rings. The zero-order valence-corrected chi connectivity index (χ0v) is 16.5. The Balaban J connectivity index is 1.52. The van der Waals surface area contributed by atoms with Crippen LogP contribution in [0.2, 0.25) is 0 Å². The van der Waals surface area contributed by atoms with Crippen LogP contribution in [0.15, 0.2) is 24.3 Å². The number of carbonyl (C=O) groups is 1. The summed E-state index contributed by atoms with van der Waals surface area (Å²) in [4.78, 5) is 15.8. The Hall–Kier alpha value is -1.76. The van der Waals surface area contributed by atoms with Gasteiger partial charge < -0.3 is 15.1 Å². The largest absolute Gasteiger partial charge is 0.416 e. The number of benzene rings is 1. The number of hydrogen-bond acceptors (Lipinski definition) is 2. The van der Waals surface area contributed by atoms with Crippen LogP contribution in [-0.4, -0.2) is 44.2 Å². The van der Waals surface area contributed by atoms with Crippen molar-refractivity contribution in [3.8, 4) is 0 Å². The molecule has 1 aromatic rings. The number of carbonyl (C=O) groups excluding carboxylic acids is 1. The summed E-state index contributed by atoms with van der Waals surface area (Å²) in [7, 11) is 0. The van der Waals surface area contributed by atoms with Gasteiger partial charge in [-0.15, -0.1) is 0 Å². The Morgan fingerprint density at radius 3 is 2.39 bits per heavy atom. The number of rotatable bonds is 4. The van der Waals surface area contributed by atoms with E-state index in [0.717, 1.165) is 32.0 Å². The van der Waals surface area contributed by atoms with Crippen molar-refractivity contribution in [3.63, 3.8) is 0 Å². The van der Waals surface area contributed by atoms with Crippen molar-refractivity contribution >= 4 is 11.6 Å². The van der Waals surface area contributed by atoms with Crippen LogP contribution in [0, 0.1) is 0 Å². The number of nitrogens with one attached hydrogen (secondary N) is 2.